The number of rotatable bonds is 3. The number of hydrogen-bond donors (Lipinski definition) is 1. The Labute approximate surface area is 177 Å². The molecule has 1 saturated carbocycles. The smallest absolute Gasteiger partial charge is 0.329 e. The Bertz CT molecular complexity index is 1250. The fourth-order valence-corrected chi connectivity index (χ4v) is 5.20. The number of imidazole rings is 1. The van der Waals surface area contributed by atoms with Crippen LogP contribution < -0.4 is 5.69 Å². The molecule has 1 aliphatic carbocycles. The van der Waals surface area contributed by atoms with E-state index in [2.05, 4.69) is 21.9 Å². The highest BCUT2D eigenvalue weighted by molar-refractivity contribution is 6.32. The molecule has 4 heterocycles. The fourth-order valence-electron chi connectivity index (χ4n) is 4.69. The van der Waals surface area contributed by atoms with Crippen LogP contribution in [0.15, 0.2) is 35.4 Å². The summed E-state index contributed by atoms with van der Waals surface area (Å²) in [4.78, 5) is 25.4. The first-order chi connectivity index (χ1) is 14.0. The normalized spacial score (nSPS) is 20.0. The van der Waals surface area contributed by atoms with E-state index in [1.165, 1.54) is 6.42 Å². The van der Waals surface area contributed by atoms with Gasteiger partial charge in [0, 0.05) is 17.6 Å². The van der Waals surface area contributed by atoms with Crippen LogP contribution in [0.1, 0.15) is 44.2 Å². The van der Waals surface area contributed by atoms with Crippen molar-refractivity contribution in [3.05, 3.63) is 56.9 Å². The van der Waals surface area contributed by atoms with Crippen LogP contribution in [0.5, 0.6) is 0 Å². The van der Waals surface area contributed by atoms with E-state index in [1.807, 2.05) is 16.8 Å². The Hall–Kier alpha value is -2.31. The van der Waals surface area contributed by atoms with Crippen molar-refractivity contribution in [1.29, 1.82) is 0 Å². The average molecular weight is 430 g/mol. The number of aromatic amines is 1. The van der Waals surface area contributed by atoms with Crippen LogP contribution in [0.4, 0.5) is 0 Å². The molecule has 5 rings (SSSR count). The third kappa shape index (κ3) is 3.15. The lowest BCUT2D eigenvalue weighted by Gasteiger charge is -2.29. The summed E-state index contributed by atoms with van der Waals surface area (Å²) in [5, 5.41) is 1.61. The Kier molecular flexibility index (Phi) is 4.63. The van der Waals surface area contributed by atoms with Crippen molar-refractivity contribution in [2.75, 3.05) is 0 Å². The molecule has 29 heavy (non-hydrogen) atoms. The molecule has 0 amide bonds. The van der Waals surface area contributed by atoms with Crippen LogP contribution >= 0.6 is 23.2 Å². The molecular weight excluding hydrogens is 409 g/mol. The van der Waals surface area contributed by atoms with Gasteiger partial charge in [0.2, 0.25) is 0 Å². The van der Waals surface area contributed by atoms with Gasteiger partial charge in [0.25, 0.3) is 0 Å². The minimum absolute atomic E-state index is 0.0155. The molecular formula is C21H21Cl2N5O. The highest BCUT2D eigenvalue weighted by atomic mass is 35.5. The number of H-pyrrole nitrogens is 1. The molecule has 8 heteroatoms. The monoisotopic (exact) mass is 429 g/mol. The molecule has 4 aromatic heterocycles. The zero-order chi connectivity index (χ0) is 20.1. The largest absolute Gasteiger partial charge is 0.346 e. The second kappa shape index (κ2) is 7.18. The van der Waals surface area contributed by atoms with Gasteiger partial charge in [0.1, 0.15) is 16.0 Å². The number of nitrogens with zero attached hydrogens (tertiary/aromatic N) is 4. The number of nitrogens with one attached hydrogen (secondary N) is 1. The molecule has 1 aliphatic rings. The number of aromatic nitrogens is 5. The Morgan fingerprint density at radius 1 is 1.21 bits per heavy atom. The van der Waals surface area contributed by atoms with Crippen molar-refractivity contribution >= 4 is 45.3 Å². The lowest BCUT2D eigenvalue weighted by molar-refractivity contribution is 0.256. The standard InChI is InChI=1S/C21H21Cl2N5O/c1-12-4-2-3-5-15(12)28-19-14-6-7-24-20(14)25-10-16(19)27(21(28)29)11-13-8-17(22)26-18(23)9-13/h6-10,12,15H,2-5,11H2,1H3,(H,24,25)/t12-,15+/m1/s1. The van der Waals surface area contributed by atoms with Crippen molar-refractivity contribution in [3.8, 4) is 0 Å². The van der Waals surface area contributed by atoms with Gasteiger partial charge in [0.05, 0.1) is 23.8 Å². The second-order valence-corrected chi connectivity index (χ2v) is 8.70. The molecule has 1 N–H and O–H groups in total. The van der Waals surface area contributed by atoms with Crippen molar-refractivity contribution < 1.29 is 0 Å². The van der Waals surface area contributed by atoms with Crippen LogP contribution in [0.2, 0.25) is 10.3 Å². The highest BCUT2D eigenvalue weighted by Gasteiger charge is 2.28. The van der Waals surface area contributed by atoms with Crippen molar-refractivity contribution in [2.45, 2.75) is 45.2 Å². The summed E-state index contributed by atoms with van der Waals surface area (Å²) in [6, 6.07) is 5.67. The minimum atomic E-state index is -0.0155. The van der Waals surface area contributed by atoms with Crippen molar-refractivity contribution in [2.24, 2.45) is 5.92 Å². The first-order valence-electron chi connectivity index (χ1n) is 9.91. The van der Waals surface area contributed by atoms with Crippen LogP contribution in [0, 0.1) is 5.92 Å². The molecule has 0 aliphatic heterocycles. The molecule has 150 valence electrons. The first-order valence-corrected chi connectivity index (χ1v) is 10.7. The zero-order valence-electron chi connectivity index (χ0n) is 16.0. The summed E-state index contributed by atoms with van der Waals surface area (Å²) in [6.45, 7) is 2.61. The summed E-state index contributed by atoms with van der Waals surface area (Å²) in [6.07, 6.45) is 8.17. The van der Waals surface area contributed by atoms with Gasteiger partial charge in [-0.05, 0) is 42.5 Å². The summed E-state index contributed by atoms with van der Waals surface area (Å²) in [7, 11) is 0. The van der Waals surface area contributed by atoms with Gasteiger partial charge in [-0.1, -0.05) is 43.0 Å². The lowest BCUT2D eigenvalue weighted by Crippen LogP contribution is -2.32. The SMILES string of the molecule is C[C@@H]1CCCC[C@@H]1n1c(=O)n(Cc2cc(Cl)nc(Cl)c2)c2cnc3[nH]ccc3c21. The molecule has 4 aromatic rings. The predicted octanol–water partition coefficient (Wildman–Crippen LogP) is 5.18. The fraction of sp³-hybridized carbons (Fsp3) is 0.381. The van der Waals surface area contributed by atoms with Crippen LogP contribution in [-0.4, -0.2) is 24.1 Å². The van der Waals surface area contributed by atoms with E-state index in [0.717, 1.165) is 46.9 Å². The van der Waals surface area contributed by atoms with E-state index >= 15 is 0 Å². The first kappa shape index (κ1) is 18.7. The van der Waals surface area contributed by atoms with Crippen LogP contribution in [-0.2, 0) is 6.54 Å². The van der Waals surface area contributed by atoms with Crippen molar-refractivity contribution in [3.63, 3.8) is 0 Å². The molecule has 2 atom stereocenters. The highest BCUT2D eigenvalue weighted by Crippen LogP contribution is 2.36. The Balaban J connectivity index is 1.76. The van der Waals surface area contributed by atoms with E-state index in [4.69, 9.17) is 23.2 Å². The van der Waals surface area contributed by atoms with Gasteiger partial charge in [-0.15, -0.1) is 0 Å². The van der Waals surface area contributed by atoms with Gasteiger partial charge in [0.15, 0.2) is 0 Å². The lowest BCUT2D eigenvalue weighted by atomic mass is 9.85. The third-order valence-corrected chi connectivity index (χ3v) is 6.46. The summed E-state index contributed by atoms with van der Waals surface area (Å²) < 4.78 is 3.78. The number of pyridine rings is 2. The topological polar surface area (TPSA) is 68.5 Å². The molecule has 0 aromatic carbocycles. The van der Waals surface area contributed by atoms with E-state index in [9.17, 15) is 4.79 Å². The van der Waals surface area contributed by atoms with E-state index in [1.54, 1.807) is 22.9 Å². The predicted molar refractivity (Wildman–Crippen MR) is 116 cm³/mol. The molecule has 0 unspecified atom stereocenters. The quantitative estimate of drug-likeness (QED) is 0.456. The maximum atomic E-state index is 13.7. The van der Waals surface area contributed by atoms with Crippen LogP contribution in [0.3, 0.4) is 0 Å². The van der Waals surface area contributed by atoms with Gasteiger partial charge in [-0.3, -0.25) is 9.13 Å². The van der Waals surface area contributed by atoms with E-state index < -0.39 is 0 Å². The van der Waals surface area contributed by atoms with E-state index in [0.29, 0.717) is 22.8 Å². The third-order valence-electron chi connectivity index (χ3n) is 6.07. The molecule has 0 bridgehead atoms. The van der Waals surface area contributed by atoms with Crippen molar-refractivity contribution in [1.82, 2.24) is 24.1 Å². The summed E-state index contributed by atoms with van der Waals surface area (Å²) in [5.74, 6) is 0.451. The number of halogens is 2. The van der Waals surface area contributed by atoms with E-state index in [-0.39, 0.29) is 11.7 Å². The molecule has 0 radical (unpaired) electrons. The minimum Gasteiger partial charge on any atom is -0.346 e. The maximum Gasteiger partial charge on any atom is 0.329 e. The van der Waals surface area contributed by atoms with Crippen LogP contribution in [0.25, 0.3) is 22.1 Å². The number of fused-ring (bicyclic) bond motifs is 3. The molecule has 0 spiro atoms. The molecule has 1 fully saturated rings. The Morgan fingerprint density at radius 3 is 2.72 bits per heavy atom. The van der Waals surface area contributed by atoms with Gasteiger partial charge in [-0.25, -0.2) is 14.8 Å². The zero-order valence-corrected chi connectivity index (χ0v) is 17.5. The average Bonchev–Trinajstić information content (AvgIpc) is 3.25. The van der Waals surface area contributed by atoms with Gasteiger partial charge >= 0.3 is 5.69 Å². The van der Waals surface area contributed by atoms with Gasteiger partial charge in [-0.2, -0.15) is 0 Å². The second-order valence-electron chi connectivity index (χ2n) is 7.92. The summed E-state index contributed by atoms with van der Waals surface area (Å²) >= 11 is 12.2. The maximum absolute atomic E-state index is 13.7. The Morgan fingerprint density at radius 2 is 1.97 bits per heavy atom. The molecule has 0 saturated heterocycles. The number of hydrogen-bond acceptors (Lipinski definition) is 3. The van der Waals surface area contributed by atoms with Gasteiger partial charge < -0.3 is 4.98 Å². The molecule has 6 nitrogen and oxygen atoms in total. The summed E-state index contributed by atoms with van der Waals surface area (Å²) in [5.41, 5.74) is 3.39.